The lowest BCUT2D eigenvalue weighted by Crippen LogP contribution is -2.52. The maximum absolute atomic E-state index is 14.1. The van der Waals surface area contributed by atoms with Gasteiger partial charge in [-0.3, -0.25) is 13.9 Å². The molecule has 0 spiro atoms. The molecule has 0 radical (unpaired) electrons. The summed E-state index contributed by atoms with van der Waals surface area (Å²) in [5, 5.41) is 3.25. The van der Waals surface area contributed by atoms with Crippen LogP contribution in [0.3, 0.4) is 0 Å². The molecule has 0 bridgehead atoms. The van der Waals surface area contributed by atoms with Crippen molar-refractivity contribution >= 4 is 39.1 Å². The molecule has 0 saturated carbocycles. The van der Waals surface area contributed by atoms with Gasteiger partial charge in [0.1, 0.15) is 12.6 Å². The smallest absolute Gasteiger partial charge is 0.264 e. The lowest BCUT2D eigenvalue weighted by atomic mass is 10.1. The SMILES string of the molecule is CCNC(=O)C(CC)N(Cc1ccccc1Cl)C(=O)CN(c1cc(C)cc(C)c1)S(=O)(=O)c1ccc(C)cc1. The summed E-state index contributed by atoms with van der Waals surface area (Å²) in [6.07, 6.45) is 0.344. The number of sulfonamides is 1. The Balaban J connectivity index is 2.11. The van der Waals surface area contributed by atoms with Crippen molar-refractivity contribution in [1.29, 1.82) is 0 Å². The number of halogens is 1. The van der Waals surface area contributed by atoms with Crippen LogP contribution in [0.2, 0.25) is 5.02 Å². The zero-order valence-corrected chi connectivity index (χ0v) is 24.6. The summed E-state index contributed by atoms with van der Waals surface area (Å²) in [6.45, 7) is 9.22. The number of carbonyl (C=O) groups excluding carboxylic acids is 2. The van der Waals surface area contributed by atoms with E-state index in [2.05, 4.69) is 5.32 Å². The van der Waals surface area contributed by atoms with E-state index in [1.165, 1.54) is 17.0 Å². The van der Waals surface area contributed by atoms with Gasteiger partial charge in [-0.15, -0.1) is 0 Å². The Morgan fingerprint density at radius 3 is 2.08 bits per heavy atom. The van der Waals surface area contributed by atoms with Crippen molar-refractivity contribution in [1.82, 2.24) is 10.2 Å². The number of nitrogens with one attached hydrogen (secondary N) is 1. The number of carbonyl (C=O) groups is 2. The van der Waals surface area contributed by atoms with Gasteiger partial charge in [-0.05, 0) is 81.1 Å². The first-order valence-electron chi connectivity index (χ1n) is 13.0. The van der Waals surface area contributed by atoms with Crippen molar-refractivity contribution in [2.24, 2.45) is 0 Å². The van der Waals surface area contributed by atoms with Gasteiger partial charge in [0.05, 0.1) is 10.6 Å². The van der Waals surface area contributed by atoms with Crippen LogP contribution in [-0.4, -0.2) is 44.3 Å². The van der Waals surface area contributed by atoms with Gasteiger partial charge >= 0.3 is 0 Å². The molecule has 3 aromatic rings. The molecule has 208 valence electrons. The number of amides is 2. The summed E-state index contributed by atoms with van der Waals surface area (Å²) in [5.41, 5.74) is 3.69. The molecule has 2 amide bonds. The number of hydrogen-bond acceptors (Lipinski definition) is 4. The highest BCUT2D eigenvalue weighted by molar-refractivity contribution is 7.92. The van der Waals surface area contributed by atoms with Gasteiger partial charge in [0.25, 0.3) is 10.0 Å². The van der Waals surface area contributed by atoms with E-state index < -0.39 is 28.5 Å². The van der Waals surface area contributed by atoms with Crippen LogP contribution in [0.25, 0.3) is 0 Å². The van der Waals surface area contributed by atoms with Gasteiger partial charge in [0, 0.05) is 18.1 Å². The van der Waals surface area contributed by atoms with Crippen molar-refractivity contribution in [3.05, 3.63) is 94.0 Å². The summed E-state index contributed by atoms with van der Waals surface area (Å²) in [5.74, 6) is -0.817. The summed E-state index contributed by atoms with van der Waals surface area (Å²) in [6, 6.07) is 18.2. The number of likely N-dealkylation sites (N-methyl/N-ethyl adjacent to an activating group) is 1. The molecular formula is C30H36ClN3O4S. The minimum atomic E-state index is -4.12. The Morgan fingerprint density at radius 1 is 0.897 bits per heavy atom. The Labute approximate surface area is 236 Å². The molecule has 0 aliphatic carbocycles. The summed E-state index contributed by atoms with van der Waals surface area (Å²) in [7, 11) is -4.12. The maximum Gasteiger partial charge on any atom is 0.264 e. The van der Waals surface area contributed by atoms with Crippen molar-refractivity contribution in [3.63, 3.8) is 0 Å². The van der Waals surface area contributed by atoms with E-state index in [4.69, 9.17) is 11.6 Å². The molecule has 0 fully saturated rings. The number of anilines is 1. The molecule has 0 aliphatic rings. The highest BCUT2D eigenvalue weighted by Gasteiger charge is 2.34. The monoisotopic (exact) mass is 569 g/mol. The van der Waals surface area contributed by atoms with Crippen LogP contribution in [0.1, 0.15) is 42.5 Å². The molecular weight excluding hydrogens is 534 g/mol. The Kier molecular flexibility index (Phi) is 10.2. The van der Waals surface area contributed by atoms with Crippen LogP contribution >= 0.6 is 11.6 Å². The number of rotatable bonds is 11. The molecule has 1 atom stereocenters. The first-order valence-corrected chi connectivity index (χ1v) is 14.8. The van der Waals surface area contributed by atoms with Crippen LogP contribution in [0.4, 0.5) is 5.69 Å². The van der Waals surface area contributed by atoms with Crippen molar-refractivity contribution < 1.29 is 18.0 Å². The fourth-order valence-electron chi connectivity index (χ4n) is 4.48. The predicted molar refractivity (Wildman–Crippen MR) is 156 cm³/mol. The molecule has 0 aromatic heterocycles. The van der Waals surface area contributed by atoms with Gasteiger partial charge in [-0.2, -0.15) is 0 Å². The second-order valence-corrected chi connectivity index (χ2v) is 11.9. The van der Waals surface area contributed by atoms with Crippen LogP contribution in [0, 0.1) is 20.8 Å². The standard InChI is InChI=1S/C30H36ClN3O4S/c1-6-28(30(36)32-7-2)33(19-24-10-8-9-11-27(24)31)29(35)20-34(25-17-22(4)16-23(5)18-25)39(37,38)26-14-12-21(3)13-15-26/h8-18,28H,6-7,19-20H2,1-5H3,(H,32,36). The molecule has 7 nitrogen and oxygen atoms in total. The normalized spacial score (nSPS) is 12.1. The molecule has 1 unspecified atom stereocenters. The van der Waals surface area contributed by atoms with E-state index in [1.54, 1.807) is 55.5 Å². The van der Waals surface area contributed by atoms with Gasteiger partial charge < -0.3 is 10.2 Å². The van der Waals surface area contributed by atoms with E-state index in [1.807, 2.05) is 33.8 Å². The molecule has 3 aromatic carbocycles. The molecule has 0 saturated heterocycles. The third-order valence-corrected chi connectivity index (χ3v) is 8.57. The second kappa shape index (κ2) is 13.1. The van der Waals surface area contributed by atoms with Gasteiger partial charge in [-0.1, -0.05) is 60.5 Å². The molecule has 0 aliphatic heterocycles. The first kappa shape index (κ1) is 30.2. The average molecular weight is 570 g/mol. The largest absolute Gasteiger partial charge is 0.355 e. The van der Waals surface area contributed by atoms with Gasteiger partial charge in [-0.25, -0.2) is 8.42 Å². The van der Waals surface area contributed by atoms with Crippen LogP contribution in [0.5, 0.6) is 0 Å². The number of hydrogen-bond donors (Lipinski definition) is 1. The fourth-order valence-corrected chi connectivity index (χ4v) is 6.08. The van der Waals surface area contributed by atoms with E-state index in [0.29, 0.717) is 29.2 Å². The number of nitrogens with zero attached hydrogens (tertiary/aromatic N) is 2. The van der Waals surface area contributed by atoms with Crippen LogP contribution in [-0.2, 0) is 26.2 Å². The zero-order valence-electron chi connectivity index (χ0n) is 23.1. The zero-order chi connectivity index (χ0) is 28.7. The number of aryl methyl sites for hydroxylation is 3. The molecule has 3 rings (SSSR count). The fraction of sp³-hybridized carbons (Fsp3) is 0.333. The third kappa shape index (κ3) is 7.40. The minimum Gasteiger partial charge on any atom is -0.355 e. The van der Waals surface area contributed by atoms with Crippen molar-refractivity contribution in [3.8, 4) is 0 Å². The lowest BCUT2D eigenvalue weighted by Gasteiger charge is -2.33. The van der Waals surface area contributed by atoms with E-state index in [9.17, 15) is 18.0 Å². The summed E-state index contributed by atoms with van der Waals surface area (Å²) in [4.78, 5) is 28.6. The molecule has 0 heterocycles. The summed E-state index contributed by atoms with van der Waals surface area (Å²) < 4.78 is 29.1. The highest BCUT2D eigenvalue weighted by Crippen LogP contribution is 2.27. The predicted octanol–water partition coefficient (Wildman–Crippen LogP) is 5.40. The van der Waals surface area contributed by atoms with Crippen molar-refractivity contribution in [2.75, 3.05) is 17.4 Å². The van der Waals surface area contributed by atoms with E-state index in [0.717, 1.165) is 21.0 Å². The Bertz CT molecular complexity index is 1400. The first-order chi connectivity index (χ1) is 18.5. The lowest BCUT2D eigenvalue weighted by molar-refractivity contribution is -0.140. The van der Waals surface area contributed by atoms with Crippen molar-refractivity contribution in [2.45, 2.75) is 58.5 Å². The summed E-state index contributed by atoms with van der Waals surface area (Å²) >= 11 is 6.42. The van der Waals surface area contributed by atoms with E-state index in [-0.39, 0.29) is 17.3 Å². The maximum atomic E-state index is 14.1. The third-order valence-electron chi connectivity index (χ3n) is 6.42. The topological polar surface area (TPSA) is 86.8 Å². The average Bonchev–Trinajstić information content (AvgIpc) is 2.87. The van der Waals surface area contributed by atoms with Gasteiger partial charge in [0.15, 0.2) is 0 Å². The Morgan fingerprint density at radius 2 is 1.51 bits per heavy atom. The molecule has 9 heteroatoms. The molecule has 1 N–H and O–H groups in total. The molecule has 39 heavy (non-hydrogen) atoms. The Hall–Kier alpha value is -3.36. The highest BCUT2D eigenvalue weighted by atomic mass is 35.5. The second-order valence-electron chi connectivity index (χ2n) is 9.60. The van der Waals surface area contributed by atoms with E-state index >= 15 is 0 Å². The van der Waals surface area contributed by atoms with Gasteiger partial charge in [0.2, 0.25) is 11.8 Å². The number of benzene rings is 3. The quantitative estimate of drug-likeness (QED) is 0.335. The minimum absolute atomic E-state index is 0.0550. The van der Waals surface area contributed by atoms with Crippen LogP contribution in [0.15, 0.2) is 71.6 Å². The van der Waals surface area contributed by atoms with Crippen LogP contribution < -0.4 is 9.62 Å².